The molecule has 1 atom stereocenters. The molecule has 1 heterocycles. The van der Waals surface area contributed by atoms with Gasteiger partial charge in [0.05, 0.1) is 11.0 Å². The molecule has 0 saturated carbocycles. The summed E-state index contributed by atoms with van der Waals surface area (Å²) in [6.45, 7) is 2.63. The molecule has 128 valence electrons. The maximum Gasteiger partial charge on any atom is 0.261 e. The minimum absolute atomic E-state index is 0.0789. The van der Waals surface area contributed by atoms with Crippen molar-refractivity contribution < 1.29 is 14.7 Å². The number of nitrogens with one attached hydrogen (secondary N) is 1. The van der Waals surface area contributed by atoms with Crippen LogP contribution in [0.5, 0.6) is 0 Å². The third-order valence-electron chi connectivity index (χ3n) is 3.63. The average Bonchev–Trinajstić information content (AvgIpc) is 3.12. The highest BCUT2D eigenvalue weighted by molar-refractivity contribution is 7.12. The predicted octanol–water partition coefficient (Wildman–Crippen LogP) is 2.52. The van der Waals surface area contributed by atoms with Crippen molar-refractivity contribution in [3.8, 4) is 0 Å². The van der Waals surface area contributed by atoms with Crippen LogP contribution in [0.1, 0.15) is 38.9 Å². The van der Waals surface area contributed by atoms with E-state index in [0.717, 1.165) is 5.56 Å². The summed E-state index contributed by atoms with van der Waals surface area (Å²) in [6.07, 6.45) is 0.129. The molecule has 0 fully saturated rings. The lowest BCUT2D eigenvalue weighted by Gasteiger charge is -2.18. The maximum absolute atomic E-state index is 12.3. The first kappa shape index (κ1) is 18.2. The van der Waals surface area contributed by atoms with Crippen molar-refractivity contribution in [2.24, 2.45) is 0 Å². The summed E-state index contributed by atoms with van der Waals surface area (Å²) >= 11 is 1.40. The lowest BCUT2D eigenvalue weighted by atomic mass is 10.1. The zero-order valence-electron chi connectivity index (χ0n) is 13.9. The van der Waals surface area contributed by atoms with Crippen molar-refractivity contribution in [2.75, 3.05) is 13.6 Å². The summed E-state index contributed by atoms with van der Waals surface area (Å²) in [4.78, 5) is 26.4. The Labute approximate surface area is 145 Å². The Hall–Kier alpha value is -2.18. The SMILES string of the molecule is CC(O)CCN(C)C(=O)c1ccc(CNC(=O)c2cccs2)cc1. The Balaban J connectivity index is 1.88. The van der Waals surface area contributed by atoms with Gasteiger partial charge in [0.15, 0.2) is 0 Å². The molecule has 0 bridgehead atoms. The van der Waals surface area contributed by atoms with Crippen LogP contribution in [0.15, 0.2) is 41.8 Å². The van der Waals surface area contributed by atoms with Crippen LogP contribution in [-0.4, -0.2) is 41.5 Å². The predicted molar refractivity (Wildman–Crippen MR) is 95.2 cm³/mol. The van der Waals surface area contributed by atoms with Gasteiger partial charge in [0, 0.05) is 25.7 Å². The molecule has 6 heteroatoms. The van der Waals surface area contributed by atoms with E-state index in [2.05, 4.69) is 5.32 Å². The molecule has 0 radical (unpaired) electrons. The molecule has 0 spiro atoms. The van der Waals surface area contributed by atoms with E-state index in [4.69, 9.17) is 0 Å². The minimum Gasteiger partial charge on any atom is -0.393 e. The number of carbonyl (C=O) groups is 2. The van der Waals surface area contributed by atoms with Gasteiger partial charge in [0.1, 0.15) is 0 Å². The molecule has 24 heavy (non-hydrogen) atoms. The molecule has 5 nitrogen and oxygen atoms in total. The number of thiophene rings is 1. The van der Waals surface area contributed by atoms with Gasteiger partial charge in [-0.2, -0.15) is 0 Å². The molecule has 1 aromatic heterocycles. The van der Waals surface area contributed by atoms with Crippen molar-refractivity contribution in [3.05, 3.63) is 57.8 Å². The van der Waals surface area contributed by atoms with Crippen LogP contribution in [0.4, 0.5) is 0 Å². The van der Waals surface area contributed by atoms with E-state index in [9.17, 15) is 14.7 Å². The van der Waals surface area contributed by atoms with E-state index >= 15 is 0 Å². The monoisotopic (exact) mass is 346 g/mol. The van der Waals surface area contributed by atoms with Crippen LogP contribution in [0.3, 0.4) is 0 Å². The van der Waals surface area contributed by atoms with Crippen LogP contribution in [-0.2, 0) is 6.54 Å². The molecule has 0 aliphatic heterocycles. The smallest absolute Gasteiger partial charge is 0.261 e. The normalized spacial score (nSPS) is 11.8. The zero-order chi connectivity index (χ0) is 17.5. The number of nitrogens with zero attached hydrogens (tertiary/aromatic N) is 1. The minimum atomic E-state index is -0.422. The van der Waals surface area contributed by atoms with E-state index < -0.39 is 6.10 Å². The van der Waals surface area contributed by atoms with Crippen LogP contribution < -0.4 is 5.32 Å². The van der Waals surface area contributed by atoms with E-state index in [0.29, 0.717) is 30.0 Å². The zero-order valence-corrected chi connectivity index (χ0v) is 14.7. The summed E-state index contributed by atoms with van der Waals surface area (Å²) in [5, 5.41) is 14.0. The van der Waals surface area contributed by atoms with Gasteiger partial charge in [-0.05, 0) is 42.5 Å². The van der Waals surface area contributed by atoms with Gasteiger partial charge in [0.25, 0.3) is 11.8 Å². The third kappa shape index (κ3) is 5.18. The summed E-state index contributed by atoms with van der Waals surface area (Å²) in [5.41, 5.74) is 1.53. The molecule has 0 saturated heterocycles. The number of hydrogen-bond acceptors (Lipinski definition) is 4. The number of carbonyl (C=O) groups excluding carboxylic acids is 2. The second-order valence-corrected chi connectivity index (χ2v) is 6.67. The molecule has 2 amide bonds. The van der Waals surface area contributed by atoms with Gasteiger partial charge in [0.2, 0.25) is 0 Å². The van der Waals surface area contributed by atoms with Gasteiger partial charge < -0.3 is 15.3 Å². The molecule has 0 aliphatic rings. The molecule has 1 unspecified atom stereocenters. The highest BCUT2D eigenvalue weighted by Crippen LogP contribution is 2.10. The Morgan fingerprint density at radius 3 is 2.54 bits per heavy atom. The number of rotatable bonds is 7. The first-order valence-corrected chi connectivity index (χ1v) is 8.69. The maximum atomic E-state index is 12.3. The standard InChI is InChI=1S/C18H22N2O3S/c1-13(21)9-10-20(2)18(23)15-7-5-14(6-8-15)12-19-17(22)16-4-3-11-24-16/h3-8,11,13,21H,9-10,12H2,1-2H3,(H,19,22). The summed E-state index contributed by atoms with van der Waals surface area (Å²) in [5.74, 6) is -0.173. The van der Waals surface area contributed by atoms with Crippen molar-refractivity contribution in [2.45, 2.75) is 26.0 Å². The second-order valence-electron chi connectivity index (χ2n) is 5.72. The van der Waals surface area contributed by atoms with Gasteiger partial charge in [-0.3, -0.25) is 9.59 Å². The molecule has 1 aromatic carbocycles. The van der Waals surface area contributed by atoms with E-state index in [1.807, 2.05) is 23.6 Å². The number of benzene rings is 1. The fourth-order valence-corrected chi connectivity index (χ4v) is 2.78. The second kappa shape index (κ2) is 8.61. The fourth-order valence-electron chi connectivity index (χ4n) is 2.14. The van der Waals surface area contributed by atoms with Crippen molar-refractivity contribution in [1.82, 2.24) is 10.2 Å². The van der Waals surface area contributed by atoms with E-state index in [-0.39, 0.29) is 11.8 Å². The highest BCUT2D eigenvalue weighted by atomic mass is 32.1. The summed E-state index contributed by atoms with van der Waals surface area (Å²) in [6, 6.07) is 10.8. The molecule has 2 rings (SSSR count). The summed E-state index contributed by atoms with van der Waals surface area (Å²) in [7, 11) is 1.72. The Morgan fingerprint density at radius 2 is 1.96 bits per heavy atom. The van der Waals surface area contributed by atoms with Crippen molar-refractivity contribution in [1.29, 1.82) is 0 Å². The van der Waals surface area contributed by atoms with Crippen LogP contribution in [0.2, 0.25) is 0 Å². The van der Waals surface area contributed by atoms with Crippen LogP contribution >= 0.6 is 11.3 Å². The largest absolute Gasteiger partial charge is 0.393 e. The lowest BCUT2D eigenvalue weighted by molar-refractivity contribution is 0.0768. The third-order valence-corrected chi connectivity index (χ3v) is 4.50. The van der Waals surface area contributed by atoms with E-state index in [1.165, 1.54) is 11.3 Å². The molecular formula is C18H22N2O3S. The van der Waals surface area contributed by atoms with Crippen LogP contribution in [0, 0.1) is 0 Å². The molecule has 2 N–H and O–H groups in total. The van der Waals surface area contributed by atoms with Crippen LogP contribution in [0.25, 0.3) is 0 Å². The number of hydrogen-bond donors (Lipinski definition) is 2. The molecule has 0 aliphatic carbocycles. The van der Waals surface area contributed by atoms with Gasteiger partial charge in [-0.15, -0.1) is 11.3 Å². The molecule has 2 aromatic rings. The first-order chi connectivity index (χ1) is 11.5. The van der Waals surface area contributed by atoms with Crippen molar-refractivity contribution in [3.63, 3.8) is 0 Å². The quantitative estimate of drug-likeness (QED) is 0.809. The van der Waals surface area contributed by atoms with Crippen molar-refractivity contribution >= 4 is 23.2 Å². The number of aliphatic hydroxyl groups excluding tert-OH is 1. The van der Waals surface area contributed by atoms with Gasteiger partial charge >= 0.3 is 0 Å². The Morgan fingerprint density at radius 1 is 1.25 bits per heavy atom. The Kier molecular flexibility index (Phi) is 6.52. The molecular weight excluding hydrogens is 324 g/mol. The highest BCUT2D eigenvalue weighted by Gasteiger charge is 2.12. The average molecular weight is 346 g/mol. The fraction of sp³-hybridized carbons (Fsp3) is 0.333. The Bertz CT molecular complexity index is 666. The van der Waals surface area contributed by atoms with Gasteiger partial charge in [-0.1, -0.05) is 18.2 Å². The van der Waals surface area contributed by atoms with E-state index in [1.54, 1.807) is 37.1 Å². The van der Waals surface area contributed by atoms with Gasteiger partial charge in [-0.25, -0.2) is 0 Å². The topological polar surface area (TPSA) is 69.6 Å². The summed E-state index contributed by atoms with van der Waals surface area (Å²) < 4.78 is 0. The first-order valence-electron chi connectivity index (χ1n) is 7.81. The lowest BCUT2D eigenvalue weighted by Crippen LogP contribution is -2.29. The number of aliphatic hydroxyl groups is 1. The number of amides is 2.